The summed E-state index contributed by atoms with van der Waals surface area (Å²) in [5, 5.41) is 3.40. The zero-order valence-corrected chi connectivity index (χ0v) is 35.5. The first-order valence-corrected chi connectivity index (χ1v) is 19.6. The average molecular weight is 932 g/mol. The molecular formula is C43H43Br2F2NO10. The van der Waals surface area contributed by atoms with Crippen LogP contribution >= 0.6 is 31.9 Å². The average Bonchev–Trinajstić information content (AvgIpc) is 3.22. The molecule has 0 heterocycles. The Bertz CT molecular complexity index is 1980. The van der Waals surface area contributed by atoms with E-state index in [0.29, 0.717) is 11.1 Å². The summed E-state index contributed by atoms with van der Waals surface area (Å²) in [6, 6.07) is 26.8. The van der Waals surface area contributed by atoms with Gasteiger partial charge in [-0.2, -0.15) is 0 Å². The van der Waals surface area contributed by atoms with Crippen molar-refractivity contribution in [3.8, 4) is 0 Å². The lowest BCUT2D eigenvalue weighted by atomic mass is 10.1. The third kappa shape index (κ3) is 15.2. The number of esters is 4. The molecule has 0 unspecified atom stereocenters. The fourth-order valence-corrected chi connectivity index (χ4v) is 5.83. The number of aryl methyl sites for hydroxylation is 4. The monoisotopic (exact) mass is 929 g/mol. The van der Waals surface area contributed by atoms with E-state index in [4.69, 9.17) is 18.9 Å². The minimum absolute atomic E-state index is 0.0448. The van der Waals surface area contributed by atoms with E-state index in [1.165, 1.54) is 7.11 Å². The number of halogens is 4. The fraction of sp³-hybridized carbons (Fsp3) is 0.302. The largest absolute Gasteiger partial charge is 0.461 e. The first-order valence-electron chi connectivity index (χ1n) is 17.7. The van der Waals surface area contributed by atoms with E-state index in [1.54, 1.807) is 97.1 Å². The zero-order chi connectivity index (χ0) is 42.8. The van der Waals surface area contributed by atoms with Crippen molar-refractivity contribution in [1.82, 2.24) is 0 Å². The van der Waals surface area contributed by atoms with Gasteiger partial charge in [0.2, 0.25) is 0 Å². The molecule has 4 rings (SSSR count). The summed E-state index contributed by atoms with van der Waals surface area (Å²) < 4.78 is 49.6. The number of rotatable bonds is 17. The summed E-state index contributed by atoms with van der Waals surface area (Å²) in [5.41, 5.74) is 5.13. The van der Waals surface area contributed by atoms with E-state index in [2.05, 4.69) is 41.9 Å². The van der Waals surface area contributed by atoms with Crippen LogP contribution in [0.25, 0.3) is 0 Å². The van der Waals surface area contributed by atoms with Crippen LogP contribution in [0.1, 0.15) is 63.7 Å². The molecule has 4 aromatic carbocycles. The number of aldehydes is 1. The van der Waals surface area contributed by atoms with Gasteiger partial charge in [0.05, 0.1) is 38.1 Å². The summed E-state index contributed by atoms with van der Waals surface area (Å²) >= 11 is 6.42. The molecule has 6 atom stereocenters. The molecule has 0 saturated carbocycles. The van der Waals surface area contributed by atoms with Gasteiger partial charge in [-0.3, -0.25) is 4.79 Å². The molecule has 0 radical (unpaired) electrons. The number of alkyl halides is 4. The first-order chi connectivity index (χ1) is 27.6. The predicted molar refractivity (Wildman–Crippen MR) is 220 cm³/mol. The van der Waals surface area contributed by atoms with Crippen molar-refractivity contribution in [2.24, 2.45) is 5.16 Å². The van der Waals surface area contributed by atoms with Crippen molar-refractivity contribution in [3.63, 3.8) is 0 Å². The zero-order valence-electron chi connectivity index (χ0n) is 32.3. The third-order valence-corrected chi connectivity index (χ3v) is 9.73. The highest BCUT2D eigenvalue weighted by atomic mass is 79.9. The van der Waals surface area contributed by atoms with Gasteiger partial charge in [0.1, 0.15) is 20.3 Å². The molecule has 15 heteroatoms. The van der Waals surface area contributed by atoms with Crippen molar-refractivity contribution in [3.05, 3.63) is 142 Å². The number of carbonyl (C=O) groups is 5. The fourth-order valence-electron chi connectivity index (χ4n) is 4.77. The molecular weight excluding hydrogens is 888 g/mol. The molecule has 0 aliphatic heterocycles. The Kier molecular flexibility index (Phi) is 19.4. The normalized spacial score (nSPS) is 13.9. The van der Waals surface area contributed by atoms with Crippen molar-refractivity contribution in [2.45, 2.75) is 61.9 Å². The van der Waals surface area contributed by atoms with Gasteiger partial charge < -0.3 is 23.8 Å². The van der Waals surface area contributed by atoms with Gasteiger partial charge in [0.25, 0.3) is 0 Å². The van der Waals surface area contributed by atoms with Gasteiger partial charge in [-0.25, -0.2) is 28.0 Å². The lowest BCUT2D eigenvalue weighted by Gasteiger charge is -2.24. The summed E-state index contributed by atoms with van der Waals surface area (Å²) in [7, 11) is 1.27. The van der Waals surface area contributed by atoms with Crippen molar-refractivity contribution in [1.29, 1.82) is 0 Å². The summed E-state index contributed by atoms with van der Waals surface area (Å²) in [6.07, 6.45) is -5.69. The minimum atomic E-state index is -2.07. The lowest BCUT2D eigenvalue weighted by Crippen LogP contribution is -2.39. The second kappa shape index (κ2) is 23.8. The minimum Gasteiger partial charge on any atom is -0.461 e. The number of hydrogen-bond acceptors (Lipinski definition) is 11. The molecule has 0 N–H and O–H groups in total. The molecule has 11 nitrogen and oxygen atoms in total. The molecule has 4 aromatic rings. The summed E-state index contributed by atoms with van der Waals surface area (Å²) in [6.45, 7) is 7.02. The molecule has 0 aromatic heterocycles. The molecule has 0 bridgehead atoms. The van der Waals surface area contributed by atoms with Gasteiger partial charge in [-0.05, 0) is 76.2 Å². The highest BCUT2D eigenvalue weighted by Gasteiger charge is 2.34. The van der Waals surface area contributed by atoms with Gasteiger partial charge in [0, 0.05) is 0 Å². The van der Waals surface area contributed by atoms with E-state index >= 15 is 0 Å². The van der Waals surface area contributed by atoms with Crippen LogP contribution in [-0.2, 0) is 28.6 Å². The second-order valence-corrected chi connectivity index (χ2v) is 15.2. The number of ether oxygens (including phenoxy) is 4. The maximum absolute atomic E-state index is 14.7. The van der Waals surface area contributed by atoms with E-state index in [0.717, 1.165) is 28.5 Å². The van der Waals surface area contributed by atoms with Gasteiger partial charge in [-0.1, -0.05) is 108 Å². The Labute approximate surface area is 352 Å². The topological polar surface area (TPSA) is 144 Å². The second-order valence-electron chi connectivity index (χ2n) is 12.9. The van der Waals surface area contributed by atoms with Crippen LogP contribution in [-0.4, -0.2) is 90.9 Å². The summed E-state index contributed by atoms with van der Waals surface area (Å²) in [4.78, 5) is 62.7. The third-order valence-electron chi connectivity index (χ3n) is 8.16. The van der Waals surface area contributed by atoms with Crippen LogP contribution in [0.15, 0.2) is 102 Å². The molecule has 0 saturated heterocycles. The lowest BCUT2D eigenvalue weighted by molar-refractivity contribution is -0.115. The molecule has 0 aliphatic rings. The Hall–Kier alpha value is -5.28. The van der Waals surface area contributed by atoms with Crippen molar-refractivity contribution < 1.29 is 56.5 Å². The van der Waals surface area contributed by atoms with E-state index in [-0.39, 0.29) is 30.6 Å². The molecule has 58 heavy (non-hydrogen) atoms. The van der Waals surface area contributed by atoms with Crippen LogP contribution in [0.3, 0.4) is 0 Å². The van der Waals surface area contributed by atoms with Crippen LogP contribution in [0, 0.1) is 27.7 Å². The quantitative estimate of drug-likeness (QED) is 0.0253. The molecule has 0 spiro atoms. The van der Waals surface area contributed by atoms with Crippen molar-refractivity contribution >= 4 is 68.2 Å². The molecule has 0 fully saturated rings. The van der Waals surface area contributed by atoms with Crippen LogP contribution in [0.2, 0.25) is 0 Å². The van der Waals surface area contributed by atoms with E-state index in [9.17, 15) is 32.8 Å². The molecule has 308 valence electrons. The smallest absolute Gasteiger partial charge is 0.338 e. The maximum Gasteiger partial charge on any atom is 0.338 e. The number of benzene rings is 4. The van der Waals surface area contributed by atoms with E-state index < -0.39 is 58.1 Å². The van der Waals surface area contributed by atoms with Crippen LogP contribution < -0.4 is 0 Å². The Balaban J connectivity index is 0.000000311. The highest BCUT2D eigenvalue weighted by Crippen LogP contribution is 2.21. The first kappa shape index (κ1) is 47.1. The number of carbonyl (C=O) groups excluding carboxylic acids is 5. The molecule has 0 amide bonds. The Morgan fingerprint density at radius 1 is 0.552 bits per heavy atom. The number of oxime groups is 1. The maximum atomic E-state index is 14.7. The van der Waals surface area contributed by atoms with Crippen LogP contribution in [0.5, 0.6) is 0 Å². The van der Waals surface area contributed by atoms with Crippen molar-refractivity contribution in [2.75, 3.05) is 20.3 Å². The Morgan fingerprint density at radius 2 is 0.845 bits per heavy atom. The number of hydrogen-bond donors (Lipinski definition) is 0. The standard InChI is InChI=1S/C22H23BrFNO5.C21H20BrFO5/c1-14-4-8-16(9-5-14)21(26)29-13-18(23)20(19(24)12-25-28-3)30-22(27)17-10-6-15(2)7-11-17;1-13-3-7-15(8-4-13)20(25)27-12-17(22)19(18(23)11-24)28-21(26)16-9-5-14(2)6-10-16/h4-12,18-20H,13H2,1-3H3;3-11,17-19H,12H2,1-2H3/t18-,19+,20-;17-,18+,19+/m00/s1. The SMILES string of the molecule is CON=C[C@@H](F)[C@@H](OC(=O)c1ccc(C)cc1)[C@@H](Br)COC(=O)c1ccc(C)cc1.Cc1ccc(C(=O)OC[C@H](Br)[C@@H](OC(=O)c2ccc(C)cc2)[C@H](F)C=O)cc1. The van der Waals surface area contributed by atoms with Gasteiger partial charge in [-0.15, -0.1) is 0 Å². The van der Waals surface area contributed by atoms with Gasteiger partial charge in [0.15, 0.2) is 30.8 Å². The van der Waals surface area contributed by atoms with E-state index in [1.807, 2.05) is 27.7 Å². The van der Waals surface area contributed by atoms with Crippen LogP contribution in [0.4, 0.5) is 8.78 Å². The predicted octanol–water partition coefficient (Wildman–Crippen LogP) is 8.41. The summed E-state index contributed by atoms with van der Waals surface area (Å²) in [5.74, 6) is -2.65. The number of nitrogens with zero attached hydrogens (tertiary/aromatic N) is 1. The molecule has 0 aliphatic carbocycles. The highest BCUT2D eigenvalue weighted by molar-refractivity contribution is 9.09. The Morgan fingerprint density at radius 3 is 1.14 bits per heavy atom. The van der Waals surface area contributed by atoms with Gasteiger partial charge >= 0.3 is 23.9 Å².